The molecule has 4 aromatic rings. The van der Waals surface area contributed by atoms with Gasteiger partial charge in [0.2, 0.25) is 24.0 Å². The van der Waals surface area contributed by atoms with Crippen molar-refractivity contribution in [3.05, 3.63) is 86.7 Å². The molecule has 2 aromatic heterocycles. The van der Waals surface area contributed by atoms with E-state index in [0.717, 1.165) is 16.5 Å². The number of carboxylic acid groups (broad SMARTS) is 1. The first-order valence-electron chi connectivity index (χ1n) is 22.8. The van der Waals surface area contributed by atoms with Gasteiger partial charge in [0.1, 0.15) is 36.7 Å². The molecular weight excluding hydrogens is 899 g/mol. The van der Waals surface area contributed by atoms with Crippen LogP contribution in [0.25, 0.3) is 22.3 Å². The third-order valence-electron chi connectivity index (χ3n) is 13.1. The van der Waals surface area contributed by atoms with Gasteiger partial charge < -0.3 is 66.0 Å². The lowest BCUT2D eigenvalue weighted by molar-refractivity contribution is -0.271. The molecule has 3 aliphatic rings. The lowest BCUT2D eigenvalue weighted by atomic mass is 9.86. The number of pyridine rings is 2. The highest BCUT2D eigenvalue weighted by Crippen LogP contribution is 2.40. The maximum absolute atomic E-state index is 13.9. The standard InChI is InChI=1S/C48H59N7O14/c1-7-48(66)30-17-33-37-28(19-55(33)44(62)29(30)21-67-47(48)65)26(27-10-8-9-11-31(27)52-37)14-15-54(23(4)5)20-35(56)50-18-25-12-13-32(53-42(60)24(6)51-43(61)36(49)22(2)3)34(16-25)68-46-40(59)38(57)39(58)41(69-46)45(63)64/h8-13,16-17,22-24,36,38-41,46,57-59,66H,7,14-15,18-21,49H2,1-6H3,(H,50,56)(H,51,61)(H,53,60)(H,63,64)/t24-,36-,38-,39-,40+,41-,46+,48-/m0/s1. The number of para-hydroxylation sites is 1. The molecule has 1 fully saturated rings. The number of rotatable bonds is 17. The van der Waals surface area contributed by atoms with E-state index in [2.05, 4.69) is 16.0 Å². The molecule has 0 saturated carbocycles. The van der Waals surface area contributed by atoms with Gasteiger partial charge in [-0.15, -0.1) is 0 Å². The zero-order valence-corrected chi connectivity index (χ0v) is 39.1. The topological polar surface area (TPSA) is 314 Å². The number of nitrogens with one attached hydrogen (secondary N) is 3. The number of hydrogen-bond acceptors (Lipinski definition) is 16. The molecule has 3 amide bonds. The number of carboxylic acids is 1. The summed E-state index contributed by atoms with van der Waals surface area (Å²) in [7, 11) is 0. The smallest absolute Gasteiger partial charge is 0.343 e. The monoisotopic (exact) mass is 957 g/mol. The summed E-state index contributed by atoms with van der Waals surface area (Å²) in [5.74, 6) is -4.42. The minimum Gasteiger partial charge on any atom is -0.479 e. The van der Waals surface area contributed by atoms with Crippen LogP contribution in [0.2, 0.25) is 0 Å². The highest BCUT2D eigenvalue weighted by molar-refractivity contribution is 5.98. The zero-order valence-electron chi connectivity index (χ0n) is 39.1. The molecule has 1 saturated heterocycles. The third-order valence-corrected chi connectivity index (χ3v) is 13.1. The van der Waals surface area contributed by atoms with Crippen molar-refractivity contribution in [3.63, 3.8) is 0 Å². The summed E-state index contributed by atoms with van der Waals surface area (Å²) in [6, 6.07) is 11.6. The Kier molecular flexibility index (Phi) is 14.9. The molecular formula is C48H59N7O14. The lowest BCUT2D eigenvalue weighted by Gasteiger charge is -2.38. The summed E-state index contributed by atoms with van der Waals surface area (Å²) < 4.78 is 18.0. The van der Waals surface area contributed by atoms with Crippen molar-refractivity contribution < 1.29 is 63.7 Å². The average molecular weight is 958 g/mol. The molecule has 0 spiro atoms. The van der Waals surface area contributed by atoms with Crippen LogP contribution >= 0.6 is 0 Å². The van der Waals surface area contributed by atoms with Crippen LogP contribution in [0.4, 0.5) is 5.69 Å². The Morgan fingerprint density at radius 1 is 0.986 bits per heavy atom. The van der Waals surface area contributed by atoms with Gasteiger partial charge in [0.05, 0.1) is 47.3 Å². The van der Waals surface area contributed by atoms with E-state index in [-0.39, 0.29) is 78.7 Å². The van der Waals surface area contributed by atoms with Crippen LogP contribution in [0.3, 0.4) is 0 Å². The number of amides is 3. The van der Waals surface area contributed by atoms with Crippen LogP contribution in [0.5, 0.6) is 5.75 Å². The molecule has 21 heteroatoms. The quantitative estimate of drug-likeness (QED) is 0.0568. The first kappa shape index (κ1) is 50.5. The van der Waals surface area contributed by atoms with E-state index >= 15 is 0 Å². The van der Waals surface area contributed by atoms with E-state index < -0.39 is 72.1 Å². The molecule has 10 N–H and O–H groups in total. The predicted molar refractivity (Wildman–Crippen MR) is 247 cm³/mol. The SMILES string of the molecule is CC[C@@]1(O)C(=O)OCc2c1cc1n(c2=O)Cc2c-1nc1ccccc1c2CCN(CC(=O)NCc1ccc(NC(=O)[C@H](C)NC(=O)[C@@H](N)C(C)C)c(O[C@@H]2O[C@H](C(=O)O)[C@@H](O)[C@H](O)[C@H]2O)c1)C(C)C. The van der Waals surface area contributed by atoms with Gasteiger partial charge in [-0.1, -0.05) is 45.0 Å². The third kappa shape index (κ3) is 10.1. The molecule has 5 heterocycles. The fraction of sp³-hybridized carbons (Fsp3) is 0.479. The minimum atomic E-state index is -1.99. The number of cyclic esters (lactones) is 1. The van der Waals surface area contributed by atoms with E-state index in [9.17, 15) is 54.3 Å². The number of aliphatic hydroxyl groups excluding tert-OH is 3. The van der Waals surface area contributed by atoms with Crippen molar-refractivity contribution in [3.8, 4) is 17.1 Å². The normalized spacial score (nSPS) is 22.6. The van der Waals surface area contributed by atoms with E-state index in [1.54, 1.807) is 37.5 Å². The van der Waals surface area contributed by atoms with E-state index in [0.29, 0.717) is 35.4 Å². The maximum atomic E-state index is 13.9. The fourth-order valence-corrected chi connectivity index (χ4v) is 8.69. The van der Waals surface area contributed by atoms with Gasteiger partial charge in [-0.3, -0.25) is 24.1 Å². The van der Waals surface area contributed by atoms with E-state index in [1.807, 2.05) is 43.0 Å². The fourth-order valence-electron chi connectivity index (χ4n) is 8.69. The van der Waals surface area contributed by atoms with Gasteiger partial charge in [0.15, 0.2) is 11.7 Å². The molecule has 0 aliphatic carbocycles. The number of hydrogen-bond donors (Lipinski definition) is 9. The van der Waals surface area contributed by atoms with Crippen molar-refractivity contribution in [2.45, 2.75) is 129 Å². The number of aliphatic hydroxyl groups is 4. The zero-order chi connectivity index (χ0) is 50.2. The van der Waals surface area contributed by atoms with Gasteiger partial charge in [-0.2, -0.15) is 0 Å². The van der Waals surface area contributed by atoms with Crippen LogP contribution in [-0.4, -0.2) is 132 Å². The summed E-state index contributed by atoms with van der Waals surface area (Å²) in [6.07, 6.45) is -9.24. The van der Waals surface area contributed by atoms with Gasteiger partial charge in [0.25, 0.3) is 5.56 Å². The molecule has 8 atom stereocenters. The Bertz CT molecular complexity index is 2730. The average Bonchev–Trinajstić information content (AvgIpc) is 3.69. The van der Waals surface area contributed by atoms with E-state index in [4.69, 9.17) is 24.9 Å². The summed E-state index contributed by atoms with van der Waals surface area (Å²) in [5, 5.41) is 61.3. The van der Waals surface area contributed by atoms with Crippen molar-refractivity contribution in [2.24, 2.45) is 11.7 Å². The van der Waals surface area contributed by atoms with Crippen LogP contribution in [-0.2, 0) is 65.2 Å². The highest BCUT2D eigenvalue weighted by atomic mass is 16.7. The second-order valence-corrected chi connectivity index (χ2v) is 18.3. The first-order valence-corrected chi connectivity index (χ1v) is 22.8. The van der Waals surface area contributed by atoms with Crippen LogP contribution in [0.1, 0.15) is 75.8 Å². The second kappa shape index (κ2) is 20.3. The number of benzene rings is 2. The van der Waals surface area contributed by atoms with E-state index in [1.165, 1.54) is 19.1 Å². The molecule has 7 rings (SSSR count). The van der Waals surface area contributed by atoms with Gasteiger partial charge >= 0.3 is 11.9 Å². The van der Waals surface area contributed by atoms with Crippen molar-refractivity contribution in [1.82, 2.24) is 25.1 Å². The van der Waals surface area contributed by atoms with Gasteiger partial charge in [0, 0.05) is 35.6 Å². The maximum Gasteiger partial charge on any atom is 0.343 e. The predicted octanol–water partition coefficient (Wildman–Crippen LogP) is 0.346. The summed E-state index contributed by atoms with van der Waals surface area (Å²) in [5.41, 5.74) is 7.94. The number of anilines is 1. The molecule has 0 radical (unpaired) electrons. The Morgan fingerprint density at radius 3 is 2.39 bits per heavy atom. The lowest BCUT2D eigenvalue weighted by Crippen LogP contribution is -2.61. The number of carbonyl (C=O) groups excluding carboxylic acids is 4. The second-order valence-electron chi connectivity index (χ2n) is 18.3. The van der Waals surface area contributed by atoms with Crippen LogP contribution in [0, 0.1) is 5.92 Å². The summed E-state index contributed by atoms with van der Waals surface area (Å²) in [4.78, 5) is 85.1. The number of nitrogens with two attached hydrogens (primary N) is 1. The number of fused-ring (bicyclic) bond motifs is 5. The molecule has 370 valence electrons. The number of aliphatic carboxylic acids is 1. The molecule has 0 bridgehead atoms. The van der Waals surface area contributed by atoms with Crippen molar-refractivity contribution >= 4 is 46.3 Å². The summed E-state index contributed by atoms with van der Waals surface area (Å²) in [6.45, 7) is 10.8. The van der Waals surface area contributed by atoms with Gasteiger partial charge in [-0.25, -0.2) is 14.6 Å². The van der Waals surface area contributed by atoms with Crippen LogP contribution < -0.4 is 32.0 Å². The molecule has 21 nitrogen and oxygen atoms in total. The Morgan fingerprint density at radius 2 is 1.71 bits per heavy atom. The number of ether oxygens (including phenoxy) is 3. The molecule has 0 unspecified atom stereocenters. The Hall–Kier alpha value is -6.33. The molecule has 3 aliphatic heterocycles. The number of esters is 1. The molecule has 2 aromatic carbocycles. The van der Waals surface area contributed by atoms with Crippen molar-refractivity contribution in [1.29, 1.82) is 0 Å². The number of aromatic nitrogens is 2. The largest absolute Gasteiger partial charge is 0.479 e. The number of nitrogens with zero attached hydrogens (tertiary/aromatic N) is 3. The highest BCUT2D eigenvalue weighted by Gasteiger charge is 2.49. The Labute approximate surface area is 396 Å². The van der Waals surface area contributed by atoms with Crippen molar-refractivity contribution in [2.75, 3.05) is 18.4 Å². The Balaban J connectivity index is 1.09. The van der Waals surface area contributed by atoms with Crippen LogP contribution in [0.15, 0.2) is 53.3 Å². The minimum absolute atomic E-state index is 0.00659. The summed E-state index contributed by atoms with van der Waals surface area (Å²) >= 11 is 0. The molecule has 69 heavy (non-hydrogen) atoms. The first-order chi connectivity index (χ1) is 32.6. The number of carbonyl (C=O) groups is 5. The van der Waals surface area contributed by atoms with Gasteiger partial charge in [-0.05, 0) is 74.9 Å².